The first-order valence-corrected chi connectivity index (χ1v) is 10.4. The lowest BCUT2D eigenvalue weighted by atomic mass is 9.90. The Morgan fingerprint density at radius 1 is 1.19 bits per heavy atom. The molecule has 1 aromatic carbocycles. The number of aryl methyl sites for hydroxylation is 3. The first-order chi connectivity index (χ1) is 14.7. The van der Waals surface area contributed by atoms with Crippen molar-refractivity contribution < 1.29 is 14.6 Å². The van der Waals surface area contributed by atoms with Crippen LogP contribution in [0.2, 0.25) is 0 Å². The monoisotopic (exact) mass is 422 g/mol. The molecule has 7 nitrogen and oxygen atoms in total. The number of ether oxygens (including phenoxy) is 1. The van der Waals surface area contributed by atoms with Crippen molar-refractivity contribution in [1.82, 2.24) is 14.8 Å². The predicted molar refractivity (Wildman–Crippen MR) is 120 cm³/mol. The first kappa shape index (κ1) is 22.5. The van der Waals surface area contributed by atoms with Gasteiger partial charge in [-0.15, -0.1) is 5.10 Å². The van der Waals surface area contributed by atoms with Crippen LogP contribution in [-0.4, -0.2) is 25.8 Å². The molecule has 0 atom stereocenters. The number of pyridine rings is 1. The van der Waals surface area contributed by atoms with Gasteiger partial charge in [-0.05, 0) is 42.9 Å². The molecule has 164 valence electrons. The molecule has 3 aromatic rings. The van der Waals surface area contributed by atoms with Crippen molar-refractivity contribution in [2.24, 2.45) is 18.7 Å². The van der Waals surface area contributed by atoms with E-state index in [2.05, 4.69) is 43.2 Å². The molecule has 3 rings (SSSR count). The lowest BCUT2D eigenvalue weighted by molar-refractivity contribution is 0.0691. The van der Waals surface area contributed by atoms with Crippen LogP contribution < -0.4 is 10.5 Å². The molecular formula is C24H30N4O3. The van der Waals surface area contributed by atoms with E-state index in [0.717, 1.165) is 40.1 Å². The largest absolute Gasteiger partial charge is 0.477 e. The molecule has 0 aliphatic heterocycles. The summed E-state index contributed by atoms with van der Waals surface area (Å²) in [5.74, 6) is -0.548. The molecule has 31 heavy (non-hydrogen) atoms. The summed E-state index contributed by atoms with van der Waals surface area (Å²) in [6, 6.07) is 8.30. The second-order valence-corrected chi connectivity index (χ2v) is 8.26. The van der Waals surface area contributed by atoms with Gasteiger partial charge in [0.1, 0.15) is 12.2 Å². The Bertz CT molecular complexity index is 1090. The van der Waals surface area contributed by atoms with E-state index in [-0.39, 0.29) is 18.1 Å². The Morgan fingerprint density at radius 2 is 1.87 bits per heavy atom. The molecule has 2 heterocycles. The minimum atomic E-state index is -1.08. The number of benzene rings is 1. The van der Waals surface area contributed by atoms with Crippen LogP contribution in [0.5, 0.6) is 5.88 Å². The van der Waals surface area contributed by atoms with Crippen LogP contribution in [0.25, 0.3) is 11.1 Å². The molecule has 0 saturated heterocycles. The average molecular weight is 423 g/mol. The zero-order valence-corrected chi connectivity index (χ0v) is 18.8. The van der Waals surface area contributed by atoms with Crippen LogP contribution in [0.15, 0.2) is 30.5 Å². The number of nitrogens with zero attached hydrogens (tertiary/aromatic N) is 3. The zero-order valence-electron chi connectivity index (χ0n) is 18.8. The molecule has 0 bridgehead atoms. The number of rotatable bonds is 8. The van der Waals surface area contributed by atoms with Crippen LogP contribution in [0.4, 0.5) is 0 Å². The fraction of sp³-hybridized carbons (Fsp3) is 0.375. The zero-order chi connectivity index (χ0) is 22.7. The number of aromatic nitrogens is 3. The van der Waals surface area contributed by atoms with Crippen molar-refractivity contribution in [3.8, 4) is 17.0 Å². The predicted octanol–water partition coefficient (Wildman–Crippen LogP) is 4.03. The maximum absolute atomic E-state index is 11.5. The normalized spacial score (nSPS) is 11.2. The fourth-order valence-corrected chi connectivity index (χ4v) is 3.73. The highest BCUT2D eigenvalue weighted by Crippen LogP contribution is 2.33. The minimum Gasteiger partial charge on any atom is -0.477 e. The summed E-state index contributed by atoms with van der Waals surface area (Å²) in [5.41, 5.74) is 13.2. The van der Waals surface area contributed by atoms with Crippen molar-refractivity contribution in [3.05, 3.63) is 64.1 Å². The van der Waals surface area contributed by atoms with Gasteiger partial charge in [-0.1, -0.05) is 43.7 Å². The molecule has 0 unspecified atom stereocenters. The van der Waals surface area contributed by atoms with Crippen LogP contribution in [0.1, 0.15) is 52.3 Å². The lowest BCUT2D eigenvalue weighted by Gasteiger charge is -2.21. The number of aromatic carboxylic acids is 1. The standard InChI is InChI=1S/C24H30N4O3/c1-14(2)10-21-18(11-25)22(17-8-6-15(3)7-9-17)20(16(4)26-21)13-31-23-19(24(29)30)12-28(5)27-23/h6-9,12,14H,10-11,13,25H2,1-5H3,(H,29,30). The summed E-state index contributed by atoms with van der Waals surface area (Å²) in [4.78, 5) is 16.4. The summed E-state index contributed by atoms with van der Waals surface area (Å²) >= 11 is 0. The third kappa shape index (κ3) is 4.94. The number of carbonyl (C=O) groups is 1. The van der Waals surface area contributed by atoms with Crippen molar-refractivity contribution in [2.75, 3.05) is 0 Å². The summed E-state index contributed by atoms with van der Waals surface area (Å²) < 4.78 is 7.33. The summed E-state index contributed by atoms with van der Waals surface area (Å²) in [6.45, 7) is 8.83. The average Bonchev–Trinajstić information content (AvgIpc) is 3.08. The van der Waals surface area contributed by atoms with E-state index >= 15 is 0 Å². The van der Waals surface area contributed by atoms with Crippen LogP contribution in [0, 0.1) is 19.8 Å². The van der Waals surface area contributed by atoms with Gasteiger partial charge < -0.3 is 15.6 Å². The highest BCUT2D eigenvalue weighted by atomic mass is 16.5. The molecular weight excluding hydrogens is 392 g/mol. The Hall–Kier alpha value is -3.19. The highest BCUT2D eigenvalue weighted by molar-refractivity contribution is 5.89. The molecule has 0 spiro atoms. The van der Waals surface area contributed by atoms with Crippen molar-refractivity contribution in [3.63, 3.8) is 0 Å². The fourth-order valence-electron chi connectivity index (χ4n) is 3.73. The van der Waals surface area contributed by atoms with Crippen LogP contribution >= 0.6 is 0 Å². The van der Waals surface area contributed by atoms with E-state index in [4.69, 9.17) is 15.5 Å². The maximum Gasteiger partial charge on any atom is 0.342 e. The van der Waals surface area contributed by atoms with E-state index in [9.17, 15) is 9.90 Å². The van der Waals surface area contributed by atoms with Gasteiger partial charge in [-0.3, -0.25) is 9.67 Å². The van der Waals surface area contributed by atoms with Crippen molar-refractivity contribution in [1.29, 1.82) is 0 Å². The van der Waals surface area contributed by atoms with Gasteiger partial charge in [-0.25, -0.2) is 4.79 Å². The van der Waals surface area contributed by atoms with Crippen LogP contribution in [-0.2, 0) is 26.6 Å². The summed E-state index contributed by atoms with van der Waals surface area (Å²) in [5, 5.41) is 13.6. The van der Waals surface area contributed by atoms with Crippen LogP contribution in [0.3, 0.4) is 0 Å². The second kappa shape index (κ2) is 9.31. The lowest BCUT2D eigenvalue weighted by Crippen LogP contribution is -2.14. The van der Waals surface area contributed by atoms with Gasteiger partial charge in [0.05, 0.1) is 0 Å². The number of carboxylic acid groups (broad SMARTS) is 1. The second-order valence-electron chi connectivity index (χ2n) is 8.26. The highest BCUT2D eigenvalue weighted by Gasteiger charge is 2.22. The SMILES string of the molecule is Cc1ccc(-c2c(COc3nn(C)cc3C(=O)O)c(C)nc(CC(C)C)c2CN)cc1. The number of hydrogen-bond donors (Lipinski definition) is 2. The topological polar surface area (TPSA) is 103 Å². The molecule has 0 aliphatic rings. The van der Waals surface area contributed by atoms with Gasteiger partial charge >= 0.3 is 5.97 Å². The molecule has 0 saturated carbocycles. The first-order valence-electron chi connectivity index (χ1n) is 10.4. The van der Waals surface area contributed by atoms with Gasteiger partial charge in [0.2, 0.25) is 5.88 Å². The molecule has 3 N–H and O–H groups in total. The van der Waals surface area contributed by atoms with E-state index in [0.29, 0.717) is 12.5 Å². The molecule has 2 aromatic heterocycles. The third-order valence-corrected chi connectivity index (χ3v) is 5.22. The molecule has 7 heteroatoms. The number of nitrogens with two attached hydrogens (primary N) is 1. The Morgan fingerprint density at radius 3 is 2.45 bits per heavy atom. The van der Waals surface area contributed by atoms with Gasteiger partial charge in [0.25, 0.3) is 0 Å². The Kier molecular flexibility index (Phi) is 6.75. The number of carboxylic acids is 1. The smallest absolute Gasteiger partial charge is 0.342 e. The third-order valence-electron chi connectivity index (χ3n) is 5.22. The molecule has 0 amide bonds. The quantitative estimate of drug-likeness (QED) is 0.568. The van der Waals surface area contributed by atoms with E-state index < -0.39 is 5.97 Å². The van der Waals surface area contributed by atoms with Gasteiger partial charge in [0, 0.05) is 36.7 Å². The van der Waals surface area contributed by atoms with E-state index in [1.54, 1.807) is 7.05 Å². The molecule has 0 fully saturated rings. The molecule has 0 radical (unpaired) electrons. The number of hydrogen-bond acceptors (Lipinski definition) is 5. The summed E-state index contributed by atoms with van der Waals surface area (Å²) in [7, 11) is 1.66. The van der Waals surface area contributed by atoms with E-state index in [1.807, 2.05) is 13.8 Å². The molecule has 0 aliphatic carbocycles. The minimum absolute atomic E-state index is 0.0282. The van der Waals surface area contributed by atoms with E-state index in [1.165, 1.54) is 16.4 Å². The maximum atomic E-state index is 11.5. The van der Waals surface area contributed by atoms with Crippen molar-refractivity contribution >= 4 is 5.97 Å². The summed E-state index contributed by atoms with van der Waals surface area (Å²) in [6.07, 6.45) is 2.26. The van der Waals surface area contributed by atoms with Crippen molar-refractivity contribution in [2.45, 2.75) is 47.3 Å². The van der Waals surface area contributed by atoms with Gasteiger partial charge in [0.15, 0.2) is 0 Å². The van der Waals surface area contributed by atoms with Gasteiger partial charge in [-0.2, -0.15) is 0 Å². The Balaban J connectivity index is 2.12. The Labute approximate surface area is 182 Å².